The molecule has 0 unspecified atom stereocenters. The minimum absolute atomic E-state index is 0.142. The van der Waals surface area contributed by atoms with Crippen molar-refractivity contribution in [3.05, 3.63) is 107 Å². The van der Waals surface area contributed by atoms with Gasteiger partial charge in [-0.1, -0.05) is 36.4 Å². The maximum Gasteiger partial charge on any atom is 0.256 e. The molecule has 2 aromatic carbocycles. The van der Waals surface area contributed by atoms with E-state index in [0.29, 0.717) is 56.6 Å². The highest BCUT2D eigenvalue weighted by molar-refractivity contribution is 5.99. The Morgan fingerprint density at radius 1 is 1.00 bits per heavy atom. The van der Waals surface area contributed by atoms with Gasteiger partial charge in [0.25, 0.3) is 5.91 Å². The van der Waals surface area contributed by atoms with Gasteiger partial charge >= 0.3 is 0 Å². The van der Waals surface area contributed by atoms with Crippen LogP contribution in [-0.2, 0) is 30.8 Å². The third-order valence-electron chi connectivity index (χ3n) is 7.53. The fraction of sp³-hybridized carbons (Fsp3) is 0.281. The number of nitrogens with two attached hydrogens (primary N) is 1. The number of aromatic nitrogens is 4. The second-order valence-corrected chi connectivity index (χ2v) is 10.6. The van der Waals surface area contributed by atoms with Gasteiger partial charge in [-0.2, -0.15) is 5.10 Å². The molecule has 9 nitrogen and oxygen atoms in total. The number of nitrogen functional groups attached to an aromatic ring is 1. The summed E-state index contributed by atoms with van der Waals surface area (Å²) in [4.78, 5) is 19.7. The molecule has 0 bridgehead atoms. The Balaban J connectivity index is 1.13. The molecule has 0 aliphatic carbocycles. The first-order valence-electron chi connectivity index (χ1n) is 14.0. The lowest BCUT2D eigenvalue weighted by Crippen LogP contribution is -2.38. The Morgan fingerprint density at radius 3 is 2.56 bits per heavy atom. The van der Waals surface area contributed by atoms with Gasteiger partial charge in [0, 0.05) is 62.9 Å². The number of carbonyl (C=O) groups is 1. The van der Waals surface area contributed by atoms with Crippen molar-refractivity contribution in [3.63, 3.8) is 0 Å². The summed E-state index contributed by atoms with van der Waals surface area (Å²) in [6.45, 7) is 6.71. The summed E-state index contributed by atoms with van der Waals surface area (Å²) < 4.78 is 9.63. The number of nitrogens with one attached hydrogen (secondary N) is 1. The zero-order valence-corrected chi connectivity index (χ0v) is 23.3. The summed E-state index contributed by atoms with van der Waals surface area (Å²) in [7, 11) is 0. The standard InChI is InChI=1S/C32H35N7O2/c1-23-9-12-37(20-23)21-25-4-2-24(3-5-25)10-13-39-22-29(31(36-39)38-14-16-41-17-15-38)32(40)35-19-26-6-7-28-27(18-26)8-11-34-30(28)33/h2-9,11-12,18,20,22H,10,13-17,19,21H2,1H3,(H2,33,34)(H,35,40). The Bertz CT molecular complexity index is 1650. The number of fused-ring (bicyclic) bond motifs is 1. The van der Waals surface area contributed by atoms with Crippen LogP contribution in [0.5, 0.6) is 0 Å². The number of benzene rings is 2. The molecule has 0 radical (unpaired) electrons. The van der Waals surface area contributed by atoms with Crippen LogP contribution in [0.2, 0.25) is 0 Å². The first-order valence-corrected chi connectivity index (χ1v) is 14.0. The van der Waals surface area contributed by atoms with E-state index in [2.05, 4.69) is 69.4 Å². The minimum Gasteiger partial charge on any atom is -0.383 e. The number of hydrogen-bond donors (Lipinski definition) is 2. The second-order valence-electron chi connectivity index (χ2n) is 10.6. The van der Waals surface area contributed by atoms with Crippen LogP contribution in [0.15, 0.2) is 79.4 Å². The lowest BCUT2D eigenvalue weighted by Gasteiger charge is -2.27. The van der Waals surface area contributed by atoms with Crippen molar-refractivity contribution in [3.8, 4) is 0 Å². The number of ether oxygens (including phenoxy) is 1. The number of pyridine rings is 1. The number of carbonyl (C=O) groups excluding carboxylic acids is 1. The maximum absolute atomic E-state index is 13.4. The molecule has 0 atom stereocenters. The number of nitrogens with zero attached hydrogens (tertiary/aromatic N) is 5. The van der Waals surface area contributed by atoms with Crippen molar-refractivity contribution < 1.29 is 9.53 Å². The van der Waals surface area contributed by atoms with Gasteiger partial charge in [0.2, 0.25) is 0 Å². The lowest BCUT2D eigenvalue weighted by molar-refractivity contribution is 0.0949. The van der Waals surface area contributed by atoms with Crippen LogP contribution in [-0.4, -0.2) is 51.5 Å². The molecule has 3 N–H and O–H groups in total. The van der Waals surface area contributed by atoms with E-state index < -0.39 is 0 Å². The Morgan fingerprint density at radius 2 is 1.78 bits per heavy atom. The van der Waals surface area contributed by atoms with Gasteiger partial charge in [0.05, 0.1) is 13.2 Å². The van der Waals surface area contributed by atoms with Gasteiger partial charge in [0.15, 0.2) is 5.82 Å². The van der Waals surface area contributed by atoms with Gasteiger partial charge in [0.1, 0.15) is 11.4 Å². The monoisotopic (exact) mass is 549 g/mol. The smallest absolute Gasteiger partial charge is 0.256 e. The van der Waals surface area contributed by atoms with E-state index in [4.69, 9.17) is 15.6 Å². The van der Waals surface area contributed by atoms with E-state index in [-0.39, 0.29) is 5.91 Å². The van der Waals surface area contributed by atoms with E-state index in [1.165, 1.54) is 16.7 Å². The molecular weight excluding hydrogens is 514 g/mol. The molecule has 4 heterocycles. The largest absolute Gasteiger partial charge is 0.383 e. The summed E-state index contributed by atoms with van der Waals surface area (Å²) in [5, 5.41) is 9.85. The van der Waals surface area contributed by atoms with Crippen LogP contribution in [0.4, 0.5) is 11.6 Å². The highest BCUT2D eigenvalue weighted by Crippen LogP contribution is 2.22. The number of hydrogen-bond acceptors (Lipinski definition) is 6. The van der Waals surface area contributed by atoms with Crippen molar-refractivity contribution in [2.75, 3.05) is 36.9 Å². The normalized spacial score (nSPS) is 13.5. The van der Waals surface area contributed by atoms with E-state index in [0.717, 1.165) is 29.3 Å². The third-order valence-corrected chi connectivity index (χ3v) is 7.53. The number of morpholine rings is 1. The van der Waals surface area contributed by atoms with Gasteiger partial charge in [-0.25, -0.2) is 4.98 Å². The summed E-state index contributed by atoms with van der Waals surface area (Å²) in [6, 6.07) is 18.7. The molecule has 1 amide bonds. The fourth-order valence-electron chi connectivity index (χ4n) is 5.26. The van der Waals surface area contributed by atoms with Crippen LogP contribution in [0, 0.1) is 6.92 Å². The Labute approximate surface area is 239 Å². The summed E-state index contributed by atoms with van der Waals surface area (Å²) in [5.41, 5.74) is 11.3. The van der Waals surface area contributed by atoms with Gasteiger partial charge in [-0.3, -0.25) is 9.48 Å². The van der Waals surface area contributed by atoms with E-state index >= 15 is 0 Å². The fourth-order valence-corrected chi connectivity index (χ4v) is 5.26. The van der Waals surface area contributed by atoms with Crippen molar-refractivity contribution in [1.82, 2.24) is 24.6 Å². The summed E-state index contributed by atoms with van der Waals surface area (Å²) >= 11 is 0. The zero-order chi connectivity index (χ0) is 28.2. The molecule has 1 aliphatic heterocycles. The molecule has 0 saturated carbocycles. The maximum atomic E-state index is 13.4. The van der Waals surface area contributed by atoms with Gasteiger partial charge in [-0.15, -0.1) is 0 Å². The van der Waals surface area contributed by atoms with Crippen molar-refractivity contribution in [1.29, 1.82) is 0 Å². The third kappa shape index (κ3) is 6.25. The van der Waals surface area contributed by atoms with E-state index in [1.54, 1.807) is 6.20 Å². The lowest BCUT2D eigenvalue weighted by atomic mass is 10.1. The Hall–Kier alpha value is -4.63. The molecule has 1 saturated heterocycles. The van der Waals surface area contributed by atoms with Crippen LogP contribution >= 0.6 is 0 Å². The van der Waals surface area contributed by atoms with Crippen molar-refractivity contribution >= 4 is 28.3 Å². The molecule has 1 fully saturated rings. The molecule has 5 aromatic rings. The predicted molar refractivity (Wildman–Crippen MR) is 161 cm³/mol. The topological polar surface area (TPSA) is 103 Å². The Kier molecular flexibility index (Phi) is 7.69. The zero-order valence-electron chi connectivity index (χ0n) is 23.3. The van der Waals surface area contributed by atoms with E-state index in [9.17, 15) is 4.79 Å². The first-order chi connectivity index (χ1) is 20.0. The highest BCUT2D eigenvalue weighted by Gasteiger charge is 2.23. The average molecular weight is 550 g/mol. The predicted octanol–water partition coefficient (Wildman–Crippen LogP) is 4.18. The van der Waals surface area contributed by atoms with Gasteiger partial charge in [-0.05, 0) is 59.2 Å². The summed E-state index contributed by atoms with van der Waals surface area (Å²) in [6.07, 6.45) is 8.65. The number of anilines is 2. The van der Waals surface area contributed by atoms with Crippen LogP contribution < -0.4 is 16.0 Å². The van der Waals surface area contributed by atoms with Crippen LogP contribution in [0.1, 0.15) is 32.6 Å². The number of amides is 1. The number of rotatable bonds is 9. The molecule has 1 aliphatic rings. The first kappa shape index (κ1) is 26.6. The number of aryl methyl sites for hydroxylation is 3. The van der Waals surface area contributed by atoms with Crippen molar-refractivity contribution in [2.24, 2.45) is 0 Å². The van der Waals surface area contributed by atoms with Gasteiger partial charge < -0.3 is 25.3 Å². The molecule has 41 heavy (non-hydrogen) atoms. The second kappa shape index (κ2) is 11.9. The average Bonchev–Trinajstić information content (AvgIpc) is 3.62. The molecule has 0 spiro atoms. The van der Waals surface area contributed by atoms with Crippen LogP contribution in [0.3, 0.4) is 0 Å². The van der Waals surface area contributed by atoms with Crippen LogP contribution in [0.25, 0.3) is 10.8 Å². The SMILES string of the molecule is Cc1ccn(Cc2ccc(CCn3cc(C(=O)NCc4ccc5c(N)nccc5c4)c(N4CCOCC4)n3)cc2)c1. The summed E-state index contributed by atoms with van der Waals surface area (Å²) in [5.74, 6) is 1.07. The van der Waals surface area contributed by atoms with Crippen molar-refractivity contribution in [2.45, 2.75) is 33.0 Å². The highest BCUT2D eigenvalue weighted by atomic mass is 16.5. The molecule has 3 aromatic heterocycles. The quantitative estimate of drug-likeness (QED) is 0.286. The molecular formula is C32H35N7O2. The molecule has 210 valence electrons. The molecule has 9 heteroatoms. The minimum atomic E-state index is -0.142. The van der Waals surface area contributed by atoms with E-state index in [1.807, 2.05) is 35.1 Å². The molecule has 6 rings (SSSR count).